The normalized spacial score (nSPS) is 15.2. The Morgan fingerprint density at radius 2 is 1.62 bits per heavy atom. The number of nitrogens with zero attached hydrogens (tertiary/aromatic N) is 2. The first kappa shape index (κ1) is 24.3. The molecule has 4 rings (SSSR count). The van der Waals surface area contributed by atoms with Crippen LogP contribution in [0.15, 0.2) is 65.6 Å². The molecule has 2 heterocycles. The smallest absolute Gasteiger partial charge is 0.243 e. The zero-order chi connectivity index (χ0) is 24.3. The molecular formula is C25H27N3O4S2. The molecule has 1 amide bonds. The molecule has 0 atom stereocenters. The van der Waals surface area contributed by atoms with Gasteiger partial charge in [0, 0.05) is 38.0 Å². The molecule has 0 spiro atoms. The molecule has 0 saturated carbocycles. The van der Waals surface area contributed by atoms with Gasteiger partial charge in [0.1, 0.15) is 0 Å². The first-order valence-corrected chi connectivity index (χ1v) is 13.3. The lowest BCUT2D eigenvalue weighted by Crippen LogP contribution is -2.50. The van der Waals surface area contributed by atoms with Crippen LogP contribution in [0.1, 0.15) is 22.2 Å². The first-order valence-electron chi connectivity index (χ1n) is 11.0. The van der Waals surface area contributed by atoms with Gasteiger partial charge in [-0.1, -0.05) is 48.0 Å². The summed E-state index contributed by atoms with van der Waals surface area (Å²) >= 11 is 1.36. The van der Waals surface area contributed by atoms with Crippen LogP contribution < -0.4 is 5.32 Å². The van der Waals surface area contributed by atoms with Gasteiger partial charge < -0.3 is 5.32 Å². The van der Waals surface area contributed by atoms with E-state index in [1.807, 2.05) is 48.2 Å². The number of carbonyl (C=O) groups excluding carboxylic acids is 2. The van der Waals surface area contributed by atoms with E-state index in [-0.39, 0.29) is 23.1 Å². The molecule has 0 radical (unpaired) electrons. The van der Waals surface area contributed by atoms with Gasteiger partial charge in [-0.3, -0.25) is 14.5 Å². The average Bonchev–Trinajstić information content (AvgIpc) is 3.24. The number of nitrogens with one attached hydrogen (secondary N) is 1. The van der Waals surface area contributed by atoms with E-state index in [0.29, 0.717) is 36.7 Å². The van der Waals surface area contributed by atoms with E-state index in [2.05, 4.69) is 5.32 Å². The molecule has 1 aliphatic heterocycles. The Bertz CT molecular complexity index is 1280. The van der Waals surface area contributed by atoms with E-state index in [0.717, 1.165) is 16.0 Å². The lowest BCUT2D eigenvalue weighted by atomic mass is 10.2. The van der Waals surface area contributed by atoms with Gasteiger partial charge in [-0.05, 0) is 30.7 Å². The van der Waals surface area contributed by atoms with E-state index in [1.54, 1.807) is 24.3 Å². The lowest BCUT2D eigenvalue weighted by Gasteiger charge is -2.33. The van der Waals surface area contributed by atoms with Crippen molar-refractivity contribution < 1.29 is 18.0 Å². The predicted octanol–water partition coefficient (Wildman–Crippen LogP) is 3.87. The molecule has 34 heavy (non-hydrogen) atoms. The van der Waals surface area contributed by atoms with Crippen LogP contribution in [0.25, 0.3) is 10.4 Å². The van der Waals surface area contributed by atoms with Crippen LogP contribution in [0.5, 0.6) is 0 Å². The number of anilines is 1. The Hall–Kier alpha value is -2.85. The van der Waals surface area contributed by atoms with Crippen molar-refractivity contribution in [2.45, 2.75) is 18.7 Å². The number of carbonyl (C=O) groups is 2. The van der Waals surface area contributed by atoms with E-state index in [9.17, 15) is 18.0 Å². The van der Waals surface area contributed by atoms with Crippen molar-refractivity contribution in [1.29, 1.82) is 0 Å². The number of hydrogen-bond acceptors (Lipinski definition) is 6. The maximum Gasteiger partial charge on any atom is 0.243 e. The molecule has 3 aromatic rings. The Morgan fingerprint density at radius 3 is 2.24 bits per heavy atom. The second-order valence-corrected chi connectivity index (χ2v) is 11.3. The van der Waals surface area contributed by atoms with Crippen LogP contribution in [-0.4, -0.2) is 62.0 Å². The minimum atomic E-state index is -3.55. The number of amides is 1. The Morgan fingerprint density at radius 1 is 0.971 bits per heavy atom. The molecule has 2 aromatic carbocycles. The van der Waals surface area contributed by atoms with Gasteiger partial charge in [-0.2, -0.15) is 4.31 Å². The summed E-state index contributed by atoms with van der Waals surface area (Å²) in [6, 6.07) is 18.4. The SMILES string of the molecule is CC(=O)c1sc(-c2ccccc2)cc1NC(=O)CN1CCN(S(=O)(=O)c2ccc(C)cc2)CC1. The second kappa shape index (κ2) is 10.2. The van der Waals surface area contributed by atoms with Crippen molar-refractivity contribution in [3.8, 4) is 10.4 Å². The summed E-state index contributed by atoms with van der Waals surface area (Å²) < 4.78 is 27.2. The highest BCUT2D eigenvalue weighted by atomic mass is 32.2. The third-order valence-corrected chi connectivity index (χ3v) is 8.94. The Kier molecular flexibility index (Phi) is 7.27. The van der Waals surface area contributed by atoms with Crippen LogP contribution in [-0.2, 0) is 14.8 Å². The van der Waals surface area contributed by atoms with Gasteiger partial charge in [0.15, 0.2) is 5.78 Å². The van der Waals surface area contributed by atoms with E-state index >= 15 is 0 Å². The molecule has 0 bridgehead atoms. The van der Waals surface area contributed by atoms with E-state index < -0.39 is 10.0 Å². The monoisotopic (exact) mass is 497 g/mol. The molecule has 1 fully saturated rings. The maximum atomic E-state index is 12.9. The number of aryl methyl sites for hydroxylation is 1. The largest absolute Gasteiger partial charge is 0.324 e. The van der Waals surface area contributed by atoms with Crippen LogP contribution in [0.2, 0.25) is 0 Å². The van der Waals surface area contributed by atoms with Crippen LogP contribution in [0.3, 0.4) is 0 Å². The number of rotatable bonds is 7. The molecular weight excluding hydrogens is 470 g/mol. The van der Waals surface area contributed by atoms with Gasteiger partial charge in [0.25, 0.3) is 0 Å². The van der Waals surface area contributed by atoms with Crippen molar-refractivity contribution in [2.75, 3.05) is 38.0 Å². The quantitative estimate of drug-likeness (QED) is 0.501. The highest BCUT2D eigenvalue weighted by molar-refractivity contribution is 7.89. The summed E-state index contributed by atoms with van der Waals surface area (Å²) in [7, 11) is -3.55. The zero-order valence-electron chi connectivity index (χ0n) is 19.2. The van der Waals surface area contributed by atoms with Crippen LogP contribution in [0, 0.1) is 6.92 Å². The molecule has 1 aliphatic rings. The fourth-order valence-electron chi connectivity index (χ4n) is 3.87. The van der Waals surface area contributed by atoms with Crippen molar-refractivity contribution in [3.63, 3.8) is 0 Å². The van der Waals surface area contributed by atoms with Gasteiger partial charge in [-0.15, -0.1) is 11.3 Å². The third-order valence-electron chi connectivity index (χ3n) is 5.74. The minimum absolute atomic E-state index is 0.0996. The minimum Gasteiger partial charge on any atom is -0.324 e. The average molecular weight is 498 g/mol. The van der Waals surface area contributed by atoms with Gasteiger partial charge >= 0.3 is 0 Å². The zero-order valence-corrected chi connectivity index (χ0v) is 20.8. The number of hydrogen-bond donors (Lipinski definition) is 1. The standard InChI is InChI=1S/C25H27N3O4S2/c1-18-8-10-21(11-9-18)34(31,32)28-14-12-27(13-15-28)17-24(30)26-22-16-23(33-25(22)19(2)29)20-6-4-3-5-7-20/h3-11,16H,12-15,17H2,1-2H3,(H,26,30). The highest BCUT2D eigenvalue weighted by Crippen LogP contribution is 2.35. The van der Waals surface area contributed by atoms with E-state index in [4.69, 9.17) is 0 Å². The van der Waals surface area contributed by atoms with Crippen LogP contribution >= 0.6 is 11.3 Å². The van der Waals surface area contributed by atoms with Gasteiger partial charge in [0.2, 0.25) is 15.9 Å². The van der Waals surface area contributed by atoms with Crippen molar-refractivity contribution in [3.05, 3.63) is 71.1 Å². The van der Waals surface area contributed by atoms with Crippen molar-refractivity contribution >= 4 is 38.7 Å². The van der Waals surface area contributed by atoms with Crippen LogP contribution in [0.4, 0.5) is 5.69 Å². The topological polar surface area (TPSA) is 86.8 Å². The summed E-state index contributed by atoms with van der Waals surface area (Å²) in [6.07, 6.45) is 0. The molecule has 9 heteroatoms. The molecule has 1 aromatic heterocycles. The highest BCUT2D eigenvalue weighted by Gasteiger charge is 2.29. The summed E-state index contributed by atoms with van der Waals surface area (Å²) in [5.74, 6) is -0.327. The fourth-order valence-corrected chi connectivity index (χ4v) is 6.31. The molecule has 1 N–H and O–H groups in total. The first-order chi connectivity index (χ1) is 16.2. The number of benzene rings is 2. The Balaban J connectivity index is 1.37. The van der Waals surface area contributed by atoms with E-state index in [1.165, 1.54) is 22.6 Å². The lowest BCUT2D eigenvalue weighted by molar-refractivity contribution is -0.117. The summed E-state index contributed by atoms with van der Waals surface area (Å²) in [5.41, 5.74) is 2.51. The summed E-state index contributed by atoms with van der Waals surface area (Å²) in [6.45, 7) is 5.08. The molecule has 178 valence electrons. The predicted molar refractivity (Wildman–Crippen MR) is 135 cm³/mol. The maximum absolute atomic E-state index is 12.9. The van der Waals surface area contributed by atoms with Crippen molar-refractivity contribution in [1.82, 2.24) is 9.21 Å². The van der Waals surface area contributed by atoms with Gasteiger partial charge in [-0.25, -0.2) is 8.42 Å². The number of Topliss-reactive ketones (excluding diaryl/α,β-unsaturated/α-hetero) is 1. The molecule has 0 unspecified atom stereocenters. The van der Waals surface area contributed by atoms with Crippen molar-refractivity contribution in [2.24, 2.45) is 0 Å². The number of piperazine rings is 1. The molecule has 1 saturated heterocycles. The fraction of sp³-hybridized carbons (Fsp3) is 0.280. The summed E-state index contributed by atoms with van der Waals surface area (Å²) in [4.78, 5) is 28.5. The Labute approximate surface area is 204 Å². The van der Waals surface area contributed by atoms with Gasteiger partial charge in [0.05, 0.1) is 22.0 Å². The third kappa shape index (κ3) is 5.44. The number of thiophene rings is 1. The second-order valence-electron chi connectivity index (χ2n) is 8.32. The number of sulfonamides is 1. The summed E-state index contributed by atoms with van der Waals surface area (Å²) in [5, 5.41) is 2.88. The molecule has 7 nitrogen and oxygen atoms in total. The number of ketones is 1. The molecule has 0 aliphatic carbocycles.